The van der Waals surface area contributed by atoms with Crippen LogP contribution in [0.4, 0.5) is 0 Å². The molecule has 0 fully saturated rings. The minimum Gasteiger partial charge on any atom is -0.234 e. The maximum Gasteiger partial charge on any atom is 0.123 e. The summed E-state index contributed by atoms with van der Waals surface area (Å²) in [5.41, 5.74) is 0.898. The minimum atomic E-state index is 0.0525. The van der Waals surface area contributed by atoms with E-state index in [0.29, 0.717) is 0 Å². The van der Waals surface area contributed by atoms with E-state index in [-0.39, 0.29) is 5.41 Å². The van der Waals surface area contributed by atoms with E-state index in [1.165, 1.54) is 19.3 Å². The van der Waals surface area contributed by atoms with Crippen LogP contribution >= 0.6 is 0 Å². The van der Waals surface area contributed by atoms with Crippen LogP contribution in [-0.2, 0) is 4.79 Å². The lowest BCUT2D eigenvalue weighted by Gasteiger charge is -2.22. The Morgan fingerprint density at radius 1 is 1.33 bits per heavy atom. The topological polar surface area (TPSA) is 17.1 Å². The Labute approximate surface area is 75.9 Å². The second-order valence-corrected chi connectivity index (χ2v) is 4.07. The summed E-state index contributed by atoms with van der Waals surface area (Å²) in [7, 11) is 0. The fraction of sp³-hybridized carbons (Fsp3) is 0.818. The fourth-order valence-corrected chi connectivity index (χ4v) is 1.14. The van der Waals surface area contributed by atoms with Crippen molar-refractivity contribution in [1.82, 2.24) is 0 Å². The van der Waals surface area contributed by atoms with Crippen LogP contribution in [-0.4, -0.2) is 5.94 Å². The highest BCUT2D eigenvalue weighted by Gasteiger charge is 2.19. The first kappa shape index (κ1) is 11.4. The molecule has 0 aliphatic rings. The van der Waals surface area contributed by atoms with Gasteiger partial charge in [-0.2, -0.15) is 0 Å². The zero-order valence-electron chi connectivity index (χ0n) is 8.74. The second kappa shape index (κ2) is 5.16. The first-order valence-corrected chi connectivity index (χ1v) is 4.76. The summed E-state index contributed by atoms with van der Waals surface area (Å²) in [5, 5.41) is 0. The highest BCUT2D eigenvalue weighted by Crippen LogP contribution is 2.30. The molecule has 0 unspecified atom stereocenters. The molecule has 0 amide bonds. The molecule has 0 aromatic carbocycles. The standard InChI is InChI=1S/C11H20O/c1-5-6-7-8-11(3,4)10(2)9-12/h5-8H2,1-4H3. The van der Waals surface area contributed by atoms with Gasteiger partial charge in [-0.25, -0.2) is 4.79 Å². The average Bonchev–Trinajstić information content (AvgIpc) is 2.03. The first-order valence-electron chi connectivity index (χ1n) is 4.76. The molecule has 0 aliphatic heterocycles. The van der Waals surface area contributed by atoms with Crippen molar-refractivity contribution in [3.8, 4) is 0 Å². The Balaban J connectivity index is 3.96. The third-order valence-corrected chi connectivity index (χ3v) is 2.57. The van der Waals surface area contributed by atoms with Crippen LogP contribution < -0.4 is 0 Å². The molecule has 1 heteroatoms. The minimum absolute atomic E-state index is 0.0525. The van der Waals surface area contributed by atoms with E-state index < -0.39 is 0 Å². The number of allylic oxidation sites excluding steroid dienone is 1. The van der Waals surface area contributed by atoms with E-state index >= 15 is 0 Å². The molecule has 0 bridgehead atoms. The van der Waals surface area contributed by atoms with Crippen molar-refractivity contribution >= 4 is 5.94 Å². The van der Waals surface area contributed by atoms with E-state index in [1.807, 2.05) is 12.9 Å². The summed E-state index contributed by atoms with van der Waals surface area (Å²) in [6.45, 7) is 8.29. The molecule has 0 atom stereocenters. The molecule has 0 heterocycles. The van der Waals surface area contributed by atoms with Gasteiger partial charge in [0.05, 0.1) is 0 Å². The van der Waals surface area contributed by atoms with Crippen LogP contribution in [0.15, 0.2) is 5.57 Å². The lowest BCUT2D eigenvalue weighted by Crippen LogP contribution is -2.13. The van der Waals surface area contributed by atoms with Gasteiger partial charge in [0.2, 0.25) is 0 Å². The van der Waals surface area contributed by atoms with Crippen molar-refractivity contribution < 1.29 is 4.79 Å². The van der Waals surface area contributed by atoms with Crippen molar-refractivity contribution in [3.63, 3.8) is 0 Å². The Bertz CT molecular complexity index is 173. The monoisotopic (exact) mass is 168 g/mol. The summed E-state index contributed by atoms with van der Waals surface area (Å²) in [6, 6.07) is 0. The Kier molecular flexibility index (Phi) is 4.92. The Hall–Kier alpha value is -0.550. The number of hydrogen-bond acceptors (Lipinski definition) is 1. The molecule has 0 spiro atoms. The lowest BCUT2D eigenvalue weighted by atomic mass is 9.81. The van der Waals surface area contributed by atoms with Crippen LogP contribution in [0.2, 0.25) is 0 Å². The fourth-order valence-electron chi connectivity index (χ4n) is 1.14. The highest BCUT2D eigenvalue weighted by atomic mass is 16.1. The van der Waals surface area contributed by atoms with Gasteiger partial charge in [-0.1, -0.05) is 40.0 Å². The molecule has 0 N–H and O–H groups in total. The molecule has 0 saturated heterocycles. The first-order chi connectivity index (χ1) is 5.54. The van der Waals surface area contributed by atoms with Gasteiger partial charge in [-0.3, -0.25) is 0 Å². The normalized spacial score (nSPS) is 11.0. The molecule has 0 rings (SSSR count). The van der Waals surface area contributed by atoms with E-state index in [1.54, 1.807) is 0 Å². The van der Waals surface area contributed by atoms with Crippen LogP contribution in [0, 0.1) is 5.41 Å². The second-order valence-electron chi connectivity index (χ2n) is 4.07. The van der Waals surface area contributed by atoms with E-state index in [0.717, 1.165) is 12.0 Å². The average molecular weight is 168 g/mol. The third kappa shape index (κ3) is 3.73. The maximum atomic E-state index is 10.4. The Morgan fingerprint density at radius 3 is 2.33 bits per heavy atom. The predicted octanol–water partition coefficient (Wildman–Crippen LogP) is 3.37. The summed E-state index contributed by atoms with van der Waals surface area (Å²) < 4.78 is 0. The molecule has 0 radical (unpaired) electrons. The van der Waals surface area contributed by atoms with Crippen molar-refractivity contribution in [3.05, 3.63) is 5.57 Å². The molecule has 1 nitrogen and oxygen atoms in total. The number of carbonyl (C=O) groups excluding carboxylic acids is 1. The number of rotatable bonds is 5. The Morgan fingerprint density at radius 2 is 1.92 bits per heavy atom. The molecule has 0 aromatic heterocycles. The molecule has 0 aromatic rings. The third-order valence-electron chi connectivity index (χ3n) is 2.57. The largest absolute Gasteiger partial charge is 0.234 e. The zero-order valence-corrected chi connectivity index (χ0v) is 8.74. The van der Waals surface area contributed by atoms with Crippen molar-refractivity contribution in [2.75, 3.05) is 0 Å². The predicted molar refractivity (Wildman–Crippen MR) is 52.8 cm³/mol. The quantitative estimate of drug-likeness (QED) is 0.454. The van der Waals surface area contributed by atoms with Crippen LogP contribution in [0.25, 0.3) is 0 Å². The molecular weight excluding hydrogens is 148 g/mol. The van der Waals surface area contributed by atoms with Crippen molar-refractivity contribution in [1.29, 1.82) is 0 Å². The van der Waals surface area contributed by atoms with Gasteiger partial charge >= 0.3 is 0 Å². The molecular formula is C11H20O. The van der Waals surface area contributed by atoms with Crippen LogP contribution in [0.5, 0.6) is 0 Å². The van der Waals surface area contributed by atoms with Gasteiger partial charge in [-0.05, 0) is 18.8 Å². The van der Waals surface area contributed by atoms with Gasteiger partial charge in [0.15, 0.2) is 0 Å². The zero-order chi connectivity index (χ0) is 9.61. The van der Waals surface area contributed by atoms with E-state index in [9.17, 15) is 4.79 Å². The molecule has 0 aliphatic carbocycles. The van der Waals surface area contributed by atoms with Crippen molar-refractivity contribution in [2.45, 2.75) is 53.4 Å². The molecule has 0 saturated carbocycles. The van der Waals surface area contributed by atoms with Crippen LogP contribution in [0.3, 0.4) is 0 Å². The lowest BCUT2D eigenvalue weighted by molar-refractivity contribution is 0.387. The maximum absolute atomic E-state index is 10.4. The van der Waals surface area contributed by atoms with Gasteiger partial charge in [0.1, 0.15) is 5.94 Å². The SMILES string of the molecule is CCCCCC(C)(C)C(C)=C=O. The van der Waals surface area contributed by atoms with Gasteiger partial charge in [0, 0.05) is 5.57 Å². The number of hydrogen-bond donors (Lipinski definition) is 0. The molecule has 70 valence electrons. The van der Waals surface area contributed by atoms with Gasteiger partial charge in [0.25, 0.3) is 0 Å². The van der Waals surface area contributed by atoms with Gasteiger partial charge in [-0.15, -0.1) is 0 Å². The highest BCUT2D eigenvalue weighted by molar-refractivity contribution is 5.53. The van der Waals surface area contributed by atoms with Crippen LogP contribution in [0.1, 0.15) is 53.4 Å². The van der Waals surface area contributed by atoms with E-state index in [2.05, 4.69) is 20.8 Å². The molecule has 12 heavy (non-hydrogen) atoms. The smallest absolute Gasteiger partial charge is 0.123 e. The summed E-state index contributed by atoms with van der Waals surface area (Å²) >= 11 is 0. The summed E-state index contributed by atoms with van der Waals surface area (Å²) in [5.74, 6) is 2.00. The van der Waals surface area contributed by atoms with E-state index in [4.69, 9.17) is 0 Å². The van der Waals surface area contributed by atoms with Crippen molar-refractivity contribution in [2.24, 2.45) is 5.41 Å². The summed E-state index contributed by atoms with van der Waals surface area (Å²) in [6.07, 6.45) is 4.81. The summed E-state index contributed by atoms with van der Waals surface area (Å²) in [4.78, 5) is 10.4. The van der Waals surface area contributed by atoms with Gasteiger partial charge < -0.3 is 0 Å². The number of unbranched alkanes of at least 4 members (excludes halogenated alkanes) is 2.